The Bertz CT molecular complexity index is 493. The first-order valence-electron chi connectivity index (χ1n) is 6.67. The van der Waals surface area contributed by atoms with Crippen LogP contribution in [0.25, 0.3) is 0 Å². The lowest BCUT2D eigenvalue weighted by atomic mass is 10.1. The standard InChI is InChI=1S/C12H21N3O2S2/c1-10-8-18-12(15-10)5-7-14-19(16,17)9-11-4-2-3-6-13-11/h8,11,13-14H,2-7,9H2,1H3. The highest BCUT2D eigenvalue weighted by molar-refractivity contribution is 7.89. The number of nitrogens with zero attached hydrogens (tertiary/aromatic N) is 1. The van der Waals surface area contributed by atoms with Crippen molar-refractivity contribution in [2.45, 2.75) is 38.6 Å². The predicted molar refractivity (Wildman–Crippen MR) is 78.0 cm³/mol. The third-order valence-corrected chi connectivity index (χ3v) is 5.67. The Labute approximate surface area is 118 Å². The van der Waals surface area contributed by atoms with Gasteiger partial charge in [0.05, 0.1) is 10.8 Å². The molecule has 5 nitrogen and oxygen atoms in total. The van der Waals surface area contributed by atoms with Crippen molar-refractivity contribution in [1.29, 1.82) is 0 Å². The number of hydrogen-bond acceptors (Lipinski definition) is 5. The number of thiazole rings is 1. The molecule has 1 aromatic rings. The summed E-state index contributed by atoms with van der Waals surface area (Å²) in [7, 11) is -3.18. The molecular formula is C12H21N3O2S2. The van der Waals surface area contributed by atoms with E-state index in [1.54, 1.807) is 11.3 Å². The molecule has 0 saturated carbocycles. The van der Waals surface area contributed by atoms with Crippen molar-refractivity contribution < 1.29 is 8.42 Å². The maximum absolute atomic E-state index is 11.9. The van der Waals surface area contributed by atoms with Crippen LogP contribution < -0.4 is 10.0 Å². The molecule has 1 aliphatic heterocycles. The molecular weight excluding hydrogens is 282 g/mol. The van der Waals surface area contributed by atoms with Crippen LogP contribution in [0.2, 0.25) is 0 Å². The zero-order chi connectivity index (χ0) is 13.7. The number of aryl methyl sites for hydroxylation is 1. The van der Waals surface area contributed by atoms with E-state index in [0.29, 0.717) is 13.0 Å². The molecule has 1 fully saturated rings. The first-order valence-corrected chi connectivity index (χ1v) is 9.20. The average molecular weight is 303 g/mol. The highest BCUT2D eigenvalue weighted by Crippen LogP contribution is 2.10. The van der Waals surface area contributed by atoms with E-state index in [1.807, 2.05) is 12.3 Å². The highest BCUT2D eigenvalue weighted by atomic mass is 32.2. The van der Waals surface area contributed by atoms with Crippen molar-refractivity contribution in [3.05, 3.63) is 16.1 Å². The van der Waals surface area contributed by atoms with Gasteiger partial charge in [0, 0.05) is 30.1 Å². The van der Waals surface area contributed by atoms with Gasteiger partial charge in [-0.2, -0.15) is 0 Å². The Morgan fingerprint density at radius 2 is 2.37 bits per heavy atom. The minimum Gasteiger partial charge on any atom is -0.313 e. The van der Waals surface area contributed by atoms with E-state index >= 15 is 0 Å². The average Bonchev–Trinajstić information content (AvgIpc) is 2.75. The van der Waals surface area contributed by atoms with Gasteiger partial charge in [-0.1, -0.05) is 6.42 Å². The van der Waals surface area contributed by atoms with E-state index in [1.165, 1.54) is 0 Å². The van der Waals surface area contributed by atoms with Crippen LogP contribution in [0.5, 0.6) is 0 Å². The van der Waals surface area contributed by atoms with E-state index in [-0.39, 0.29) is 11.8 Å². The van der Waals surface area contributed by atoms with Gasteiger partial charge in [0.25, 0.3) is 0 Å². The number of hydrogen-bond donors (Lipinski definition) is 2. The van der Waals surface area contributed by atoms with Crippen molar-refractivity contribution in [2.24, 2.45) is 0 Å². The van der Waals surface area contributed by atoms with Crippen molar-refractivity contribution in [3.8, 4) is 0 Å². The summed E-state index contributed by atoms with van der Waals surface area (Å²) in [5.41, 5.74) is 0.995. The largest absolute Gasteiger partial charge is 0.313 e. The third-order valence-electron chi connectivity index (χ3n) is 3.16. The Balaban J connectivity index is 1.74. The van der Waals surface area contributed by atoms with E-state index in [0.717, 1.165) is 36.5 Å². The summed E-state index contributed by atoms with van der Waals surface area (Å²) in [5.74, 6) is 0.184. The van der Waals surface area contributed by atoms with Crippen LogP contribution in [0, 0.1) is 6.92 Å². The van der Waals surface area contributed by atoms with Gasteiger partial charge in [-0.05, 0) is 26.3 Å². The van der Waals surface area contributed by atoms with E-state index in [2.05, 4.69) is 15.0 Å². The lowest BCUT2D eigenvalue weighted by Crippen LogP contribution is -2.42. The summed E-state index contributed by atoms with van der Waals surface area (Å²) in [6, 6.07) is 0.105. The first kappa shape index (κ1) is 14.9. The minimum absolute atomic E-state index is 0.105. The lowest BCUT2D eigenvalue weighted by Gasteiger charge is -2.23. The normalized spacial score (nSPS) is 20.6. The fraction of sp³-hybridized carbons (Fsp3) is 0.750. The second-order valence-electron chi connectivity index (χ2n) is 4.96. The molecule has 108 valence electrons. The van der Waals surface area contributed by atoms with Crippen molar-refractivity contribution >= 4 is 21.4 Å². The summed E-state index contributed by atoms with van der Waals surface area (Å²) in [6.07, 6.45) is 3.88. The van der Waals surface area contributed by atoms with E-state index in [9.17, 15) is 8.42 Å². The number of sulfonamides is 1. The van der Waals surface area contributed by atoms with Gasteiger partial charge in [-0.3, -0.25) is 0 Å². The summed E-state index contributed by atoms with van der Waals surface area (Å²) >= 11 is 1.58. The Morgan fingerprint density at radius 1 is 1.53 bits per heavy atom. The first-order chi connectivity index (χ1) is 9.05. The molecule has 0 radical (unpaired) electrons. The molecule has 1 unspecified atom stereocenters. The zero-order valence-corrected chi connectivity index (χ0v) is 12.8. The smallest absolute Gasteiger partial charge is 0.213 e. The molecule has 2 rings (SSSR count). The molecule has 0 bridgehead atoms. The van der Waals surface area contributed by atoms with E-state index in [4.69, 9.17) is 0 Å². The minimum atomic E-state index is -3.18. The summed E-state index contributed by atoms with van der Waals surface area (Å²) in [6.45, 7) is 3.31. The zero-order valence-electron chi connectivity index (χ0n) is 11.2. The number of aromatic nitrogens is 1. The van der Waals surface area contributed by atoms with E-state index < -0.39 is 10.0 Å². The molecule has 0 aliphatic carbocycles. The van der Waals surface area contributed by atoms with Gasteiger partial charge < -0.3 is 5.32 Å². The molecule has 1 aromatic heterocycles. The van der Waals surface area contributed by atoms with Crippen LogP contribution in [-0.4, -0.2) is 38.3 Å². The summed E-state index contributed by atoms with van der Waals surface area (Å²) in [5, 5.41) is 6.22. The van der Waals surface area contributed by atoms with Crippen LogP contribution in [0.4, 0.5) is 0 Å². The summed E-state index contributed by atoms with van der Waals surface area (Å²) in [4.78, 5) is 4.32. The van der Waals surface area contributed by atoms with Gasteiger partial charge in [0.1, 0.15) is 0 Å². The molecule has 7 heteroatoms. The Morgan fingerprint density at radius 3 is 3.00 bits per heavy atom. The quantitative estimate of drug-likeness (QED) is 0.824. The maximum Gasteiger partial charge on any atom is 0.213 e. The van der Waals surface area contributed by atoms with Gasteiger partial charge in [-0.25, -0.2) is 18.1 Å². The maximum atomic E-state index is 11.9. The fourth-order valence-corrected chi connectivity index (χ4v) is 4.34. The van der Waals surface area contributed by atoms with Crippen LogP contribution in [0.3, 0.4) is 0 Å². The molecule has 2 N–H and O–H groups in total. The van der Waals surface area contributed by atoms with Crippen molar-refractivity contribution in [2.75, 3.05) is 18.8 Å². The van der Waals surface area contributed by atoms with Crippen LogP contribution in [-0.2, 0) is 16.4 Å². The topological polar surface area (TPSA) is 71.1 Å². The van der Waals surface area contributed by atoms with Gasteiger partial charge >= 0.3 is 0 Å². The molecule has 1 saturated heterocycles. The van der Waals surface area contributed by atoms with Gasteiger partial charge in [-0.15, -0.1) is 11.3 Å². The Hall–Kier alpha value is -0.500. The monoisotopic (exact) mass is 303 g/mol. The second kappa shape index (κ2) is 6.78. The molecule has 1 atom stereocenters. The lowest BCUT2D eigenvalue weighted by molar-refractivity contribution is 0.422. The molecule has 1 aliphatic rings. The second-order valence-corrected chi connectivity index (χ2v) is 7.75. The highest BCUT2D eigenvalue weighted by Gasteiger charge is 2.20. The SMILES string of the molecule is Cc1csc(CCNS(=O)(=O)CC2CCCCN2)n1. The summed E-state index contributed by atoms with van der Waals surface area (Å²) < 4.78 is 26.5. The molecule has 0 spiro atoms. The van der Waals surface area contributed by atoms with Gasteiger partial charge in [0.15, 0.2) is 0 Å². The van der Waals surface area contributed by atoms with Crippen LogP contribution >= 0.6 is 11.3 Å². The van der Waals surface area contributed by atoms with Crippen molar-refractivity contribution in [1.82, 2.24) is 15.0 Å². The molecule has 0 amide bonds. The van der Waals surface area contributed by atoms with Crippen LogP contribution in [0.15, 0.2) is 5.38 Å². The van der Waals surface area contributed by atoms with Gasteiger partial charge in [0.2, 0.25) is 10.0 Å². The van der Waals surface area contributed by atoms with Crippen molar-refractivity contribution in [3.63, 3.8) is 0 Å². The third kappa shape index (κ3) is 5.18. The number of piperidine rings is 1. The predicted octanol–water partition coefficient (Wildman–Crippen LogP) is 1.06. The molecule has 19 heavy (non-hydrogen) atoms. The fourth-order valence-electron chi connectivity index (χ4n) is 2.22. The Kier molecular flexibility index (Phi) is 5.32. The molecule has 2 heterocycles. The number of rotatable bonds is 6. The number of nitrogens with one attached hydrogen (secondary N) is 2. The molecule has 0 aromatic carbocycles. The van der Waals surface area contributed by atoms with Crippen LogP contribution in [0.1, 0.15) is 30.0 Å².